The number of carboxylic acid groups (broad SMARTS) is 1. The van der Waals surface area contributed by atoms with Crippen LogP contribution in [0.4, 0.5) is 0 Å². The average Bonchev–Trinajstić information content (AvgIpc) is 3.38. The molecule has 0 fully saturated rings. The Labute approximate surface area is 184 Å². The first-order valence-electron chi connectivity index (χ1n) is 10.0. The Morgan fingerprint density at radius 1 is 1.22 bits per heavy atom. The van der Waals surface area contributed by atoms with Crippen molar-refractivity contribution >= 4 is 23.4 Å². The molecule has 0 saturated heterocycles. The number of fused-ring (bicyclic) bond motifs is 1. The summed E-state index contributed by atoms with van der Waals surface area (Å²) in [6, 6.07) is 9.72. The van der Waals surface area contributed by atoms with Crippen LogP contribution in [0.15, 0.2) is 47.2 Å². The van der Waals surface area contributed by atoms with E-state index in [1.54, 1.807) is 12.4 Å². The van der Waals surface area contributed by atoms with Crippen molar-refractivity contribution in [1.82, 2.24) is 30.0 Å². The van der Waals surface area contributed by atoms with Crippen LogP contribution in [0, 0.1) is 6.92 Å². The van der Waals surface area contributed by atoms with E-state index in [0.29, 0.717) is 37.5 Å². The number of hydrogen-bond donors (Lipinski definition) is 2. The predicted octanol–water partition coefficient (Wildman–Crippen LogP) is 2.67. The number of carbonyl (C=O) groups is 2. The van der Waals surface area contributed by atoms with Crippen molar-refractivity contribution in [3.63, 3.8) is 0 Å². The Balaban J connectivity index is 0.000000913. The van der Waals surface area contributed by atoms with Crippen LogP contribution in [-0.2, 0) is 29.6 Å². The van der Waals surface area contributed by atoms with Crippen molar-refractivity contribution < 1.29 is 19.2 Å². The summed E-state index contributed by atoms with van der Waals surface area (Å²) in [7, 11) is 2.00. The van der Waals surface area contributed by atoms with E-state index in [9.17, 15) is 4.79 Å². The molecule has 2 N–H and O–H groups in total. The molecular weight excluding hydrogens is 412 g/mol. The highest BCUT2D eigenvalue weighted by molar-refractivity contribution is 5.78. The summed E-state index contributed by atoms with van der Waals surface area (Å²) < 4.78 is 7.31. The van der Waals surface area contributed by atoms with Crippen LogP contribution in [-0.4, -0.2) is 42.2 Å². The van der Waals surface area contributed by atoms with Crippen molar-refractivity contribution in [3.8, 4) is 11.4 Å². The largest absolute Gasteiger partial charge is 0.483 e. The van der Waals surface area contributed by atoms with Crippen LogP contribution in [0.1, 0.15) is 30.1 Å². The van der Waals surface area contributed by atoms with Gasteiger partial charge in [-0.2, -0.15) is 4.98 Å². The minimum atomic E-state index is -0.250. The minimum absolute atomic E-state index is 0.00355. The third-order valence-corrected chi connectivity index (χ3v) is 4.86. The molecule has 10 nitrogen and oxygen atoms in total. The first-order valence-corrected chi connectivity index (χ1v) is 10.0. The van der Waals surface area contributed by atoms with Crippen molar-refractivity contribution in [2.75, 3.05) is 0 Å². The van der Waals surface area contributed by atoms with E-state index >= 15 is 0 Å². The van der Waals surface area contributed by atoms with Crippen LogP contribution in [0.5, 0.6) is 0 Å². The molecule has 0 aliphatic carbocycles. The van der Waals surface area contributed by atoms with Crippen molar-refractivity contribution in [1.29, 1.82) is 0 Å². The van der Waals surface area contributed by atoms with Gasteiger partial charge in [0.1, 0.15) is 5.82 Å². The van der Waals surface area contributed by atoms with Crippen molar-refractivity contribution in [2.24, 2.45) is 7.05 Å². The topological polar surface area (TPSA) is 136 Å². The predicted molar refractivity (Wildman–Crippen MR) is 116 cm³/mol. The van der Waals surface area contributed by atoms with Gasteiger partial charge in [0.2, 0.25) is 17.6 Å². The Morgan fingerprint density at radius 2 is 1.97 bits per heavy atom. The van der Waals surface area contributed by atoms with Gasteiger partial charge in [0, 0.05) is 44.4 Å². The fourth-order valence-corrected chi connectivity index (χ4v) is 3.14. The van der Waals surface area contributed by atoms with Gasteiger partial charge in [0.25, 0.3) is 6.47 Å². The second kappa shape index (κ2) is 10.8. The molecule has 4 rings (SSSR count). The summed E-state index contributed by atoms with van der Waals surface area (Å²) in [6.07, 6.45) is 4.97. The molecular formula is C22H24N6O4. The molecule has 0 bridgehead atoms. The van der Waals surface area contributed by atoms with Gasteiger partial charge in [-0.05, 0) is 43.2 Å². The van der Waals surface area contributed by atoms with E-state index in [-0.39, 0.29) is 12.4 Å². The summed E-state index contributed by atoms with van der Waals surface area (Å²) in [5.41, 5.74) is 3.91. The summed E-state index contributed by atoms with van der Waals surface area (Å²) in [4.78, 5) is 33.4. The molecule has 1 aromatic carbocycles. The normalized spacial score (nSPS) is 10.4. The summed E-state index contributed by atoms with van der Waals surface area (Å²) in [5, 5.41) is 13.8. The Kier molecular flexibility index (Phi) is 7.63. The molecule has 0 saturated carbocycles. The standard InChI is InChI=1S/C21H22N6O2.CH2O2/c1-14-24-17-12-15(6-7-18(17)27(14)2)13-23-19(28)4-3-5-20-25-21(26-29-20)16-8-10-22-11-9-16;2-1-3/h6-12H,3-5,13H2,1-2H3,(H,23,28);1H,(H,2,3). The fourth-order valence-electron chi connectivity index (χ4n) is 3.14. The maximum absolute atomic E-state index is 12.2. The van der Waals surface area contributed by atoms with Gasteiger partial charge >= 0.3 is 0 Å². The number of aromatic nitrogens is 5. The van der Waals surface area contributed by atoms with Gasteiger partial charge in [-0.3, -0.25) is 14.6 Å². The lowest BCUT2D eigenvalue weighted by molar-refractivity contribution is -0.123. The lowest BCUT2D eigenvalue weighted by atomic mass is 10.2. The summed E-state index contributed by atoms with van der Waals surface area (Å²) >= 11 is 0. The van der Waals surface area contributed by atoms with Gasteiger partial charge in [0.05, 0.1) is 11.0 Å². The lowest BCUT2D eigenvalue weighted by Crippen LogP contribution is -2.22. The Bertz CT molecular complexity index is 1190. The first-order chi connectivity index (χ1) is 15.5. The van der Waals surface area contributed by atoms with Crippen LogP contribution in [0.25, 0.3) is 22.4 Å². The Hall–Kier alpha value is -4.08. The van der Waals surface area contributed by atoms with Crippen LogP contribution < -0.4 is 5.32 Å². The van der Waals surface area contributed by atoms with Crippen LogP contribution in [0.3, 0.4) is 0 Å². The molecule has 1 amide bonds. The summed E-state index contributed by atoms with van der Waals surface area (Å²) in [5.74, 6) is 2.03. The second-order valence-corrected chi connectivity index (χ2v) is 7.02. The second-order valence-electron chi connectivity index (χ2n) is 7.02. The zero-order valence-corrected chi connectivity index (χ0v) is 17.9. The number of hydrogen-bond acceptors (Lipinski definition) is 7. The first kappa shape index (κ1) is 22.6. The number of nitrogens with zero attached hydrogens (tertiary/aromatic N) is 5. The highest BCUT2D eigenvalue weighted by atomic mass is 16.5. The molecule has 166 valence electrons. The third-order valence-electron chi connectivity index (χ3n) is 4.86. The molecule has 32 heavy (non-hydrogen) atoms. The van der Waals surface area contributed by atoms with E-state index < -0.39 is 0 Å². The molecule has 0 unspecified atom stereocenters. The van der Waals surface area contributed by atoms with Gasteiger partial charge in [-0.15, -0.1) is 0 Å². The van der Waals surface area contributed by atoms with Gasteiger partial charge in [-0.25, -0.2) is 4.98 Å². The Morgan fingerprint density at radius 3 is 2.72 bits per heavy atom. The van der Waals surface area contributed by atoms with Gasteiger partial charge in [-0.1, -0.05) is 11.2 Å². The molecule has 0 aliphatic rings. The molecule has 10 heteroatoms. The van der Waals surface area contributed by atoms with Crippen molar-refractivity contribution in [2.45, 2.75) is 32.7 Å². The molecule has 0 aliphatic heterocycles. The average molecular weight is 436 g/mol. The maximum Gasteiger partial charge on any atom is 0.290 e. The number of pyridine rings is 1. The van der Waals surface area contributed by atoms with Gasteiger partial charge < -0.3 is 19.5 Å². The monoisotopic (exact) mass is 436 g/mol. The molecule has 3 heterocycles. The fraction of sp³-hybridized carbons (Fsp3) is 0.273. The van der Waals surface area contributed by atoms with E-state index in [4.69, 9.17) is 14.4 Å². The highest BCUT2D eigenvalue weighted by Crippen LogP contribution is 2.17. The maximum atomic E-state index is 12.2. The number of imidazole rings is 1. The molecule has 0 radical (unpaired) electrons. The SMILES string of the molecule is Cc1nc2cc(CNC(=O)CCCc3nc(-c4ccncc4)no3)ccc2n1C.O=CO. The number of amides is 1. The quantitative estimate of drug-likeness (QED) is 0.422. The number of aryl methyl sites for hydroxylation is 3. The molecule has 4 aromatic rings. The number of benzene rings is 1. The van der Waals surface area contributed by atoms with E-state index in [1.165, 1.54) is 0 Å². The minimum Gasteiger partial charge on any atom is -0.483 e. The van der Waals surface area contributed by atoms with E-state index in [2.05, 4.69) is 30.0 Å². The lowest BCUT2D eigenvalue weighted by Gasteiger charge is -2.05. The van der Waals surface area contributed by atoms with Gasteiger partial charge in [0.15, 0.2) is 0 Å². The number of nitrogens with one attached hydrogen (secondary N) is 1. The van der Waals surface area contributed by atoms with Crippen LogP contribution >= 0.6 is 0 Å². The van der Waals surface area contributed by atoms with Crippen LogP contribution in [0.2, 0.25) is 0 Å². The zero-order valence-electron chi connectivity index (χ0n) is 17.9. The third kappa shape index (κ3) is 5.75. The van der Waals surface area contributed by atoms with E-state index in [0.717, 1.165) is 28.0 Å². The van der Waals surface area contributed by atoms with Crippen molar-refractivity contribution in [3.05, 3.63) is 60.0 Å². The number of rotatable bonds is 7. The smallest absolute Gasteiger partial charge is 0.290 e. The zero-order chi connectivity index (χ0) is 22.9. The van der Waals surface area contributed by atoms with E-state index in [1.807, 2.05) is 44.3 Å². The molecule has 0 spiro atoms. The molecule has 3 aromatic heterocycles. The number of carbonyl (C=O) groups excluding carboxylic acids is 1. The molecule has 0 atom stereocenters. The highest BCUT2D eigenvalue weighted by Gasteiger charge is 2.10. The summed E-state index contributed by atoms with van der Waals surface area (Å²) in [6.45, 7) is 2.21.